The molecule has 0 aliphatic rings. The summed E-state index contributed by atoms with van der Waals surface area (Å²) in [4.78, 5) is 4.40. The van der Waals surface area contributed by atoms with E-state index in [-0.39, 0.29) is 5.75 Å². The highest BCUT2D eigenvalue weighted by atomic mass is 32.2. The van der Waals surface area contributed by atoms with E-state index in [0.29, 0.717) is 16.2 Å². The topological polar surface area (TPSA) is 47.0 Å². The first-order chi connectivity index (χ1) is 8.59. The molecule has 0 saturated carbocycles. The zero-order chi connectivity index (χ0) is 13.0. The molecule has 0 spiro atoms. The predicted molar refractivity (Wildman–Crippen MR) is 71.8 cm³/mol. The highest BCUT2D eigenvalue weighted by molar-refractivity contribution is 7.91. The molecule has 0 N–H and O–H groups in total. The van der Waals surface area contributed by atoms with Crippen molar-refractivity contribution in [1.82, 2.24) is 4.98 Å². The number of hydrogen-bond acceptors (Lipinski definition) is 3. The molecule has 3 nitrogen and oxygen atoms in total. The van der Waals surface area contributed by atoms with Crippen molar-refractivity contribution < 1.29 is 8.42 Å². The maximum Gasteiger partial charge on any atom is 0.182 e. The van der Waals surface area contributed by atoms with Crippen LogP contribution >= 0.6 is 0 Å². The Kier molecular flexibility index (Phi) is 3.58. The van der Waals surface area contributed by atoms with Gasteiger partial charge in [-0.15, -0.1) is 0 Å². The second kappa shape index (κ2) is 5.14. The average Bonchev–Trinajstić information content (AvgIpc) is 2.40. The van der Waals surface area contributed by atoms with E-state index in [4.69, 9.17) is 0 Å². The van der Waals surface area contributed by atoms with Gasteiger partial charge in [0.2, 0.25) is 0 Å². The molecule has 0 fully saturated rings. The first-order valence-corrected chi connectivity index (χ1v) is 7.12. The number of aromatic nitrogens is 1. The molecule has 0 bridgehead atoms. The van der Waals surface area contributed by atoms with Gasteiger partial charge in [-0.25, -0.2) is 8.42 Å². The molecular formula is C14H13NO2S. The number of sulfone groups is 1. The Labute approximate surface area is 107 Å². The minimum Gasteiger partial charge on any atom is -0.257 e. The number of rotatable bonds is 4. The minimum absolute atomic E-state index is 0.117. The van der Waals surface area contributed by atoms with Gasteiger partial charge in [-0.1, -0.05) is 30.8 Å². The smallest absolute Gasteiger partial charge is 0.182 e. The highest BCUT2D eigenvalue weighted by Gasteiger charge is 2.16. The van der Waals surface area contributed by atoms with E-state index in [2.05, 4.69) is 11.6 Å². The molecule has 92 valence electrons. The van der Waals surface area contributed by atoms with Gasteiger partial charge < -0.3 is 0 Å². The highest BCUT2D eigenvalue weighted by Crippen LogP contribution is 2.17. The average molecular weight is 259 g/mol. The van der Waals surface area contributed by atoms with Gasteiger partial charge in [0.05, 0.1) is 16.3 Å². The standard InChI is InChI=1S/C14H13NO2S/c1-12(14-9-5-6-10-15-14)11-18(16,17)13-7-3-2-4-8-13/h2-10H,1,11H2. The maximum absolute atomic E-state index is 12.1. The molecule has 4 heteroatoms. The van der Waals surface area contributed by atoms with Crippen molar-refractivity contribution in [3.05, 3.63) is 67.0 Å². The van der Waals surface area contributed by atoms with Gasteiger partial charge >= 0.3 is 0 Å². The second-order valence-corrected chi connectivity index (χ2v) is 5.88. The SMILES string of the molecule is C=C(CS(=O)(=O)c1ccccc1)c1ccccn1. The van der Waals surface area contributed by atoms with Crippen LogP contribution in [0.1, 0.15) is 5.69 Å². The quantitative estimate of drug-likeness (QED) is 0.847. The second-order valence-electron chi connectivity index (χ2n) is 3.89. The van der Waals surface area contributed by atoms with E-state index in [0.717, 1.165) is 0 Å². The fourth-order valence-electron chi connectivity index (χ4n) is 1.59. The Morgan fingerprint density at radius 3 is 2.33 bits per heavy atom. The van der Waals surface area contributed by atoms with Crippen molar-refractivity contribution in [2.45, 2.75) is 4.90 Å². The molecule has 0 atom stereocenters. The van der Waals surface area contributed by atoms with Crippen LogP contribution in [0, 0.1) is 0 Å². The van der Waals surface area contributed by atoms with Crippen LogP contribution < -0.4 is 0 Å². The number of benzene rings is 1. The fraction of sp³-hybridized carbons (Fsp3) is 0.0714. The number of hydrogen-bond donors (Lipinski definition) is 0. The Morgan fingerprint density at radius 2 is 1.72 bits per heavy atom. The van der Waals surface area contributed by atoms with Gasteiger partial charge in [-0.3, -0.25) is 4.98 Å². The van der Waals surface area contributed by atoms with Crippen LogP contribution in [0.3, 0.4) is 0 Å². The summed E-state index contributed by atoms with van der Waals surface area (Å²) in [7, 11) is -3.35. The van der Waals surface area contributed by atoms with E-state index < -0.39 is 9.84 Å². The zero-order valence-corrected chi connectivity index (χ0v) is 10.6. The van der Waals surface area contributed by atoms with E-state index in [1.54, 1.807) is 48.7 Å². The number of nitrogens with zero attached hydrogens (tertiary/aromatic N) is 1. The van der Waals surface area contributed by atoms with Crippen LogP contribution in [0.2, 0.25) is 0 Å². The van der Waals surface area contributed by atoms with Crippen molar-refractivity contribution in [3.63, 3.8) is 0 Å². The lowest BCUT2D eigenvalue weighted by Crippen LogP contribution is -2.08. The van der Waals surface area contributed by atoms with E-state index in [1.165, 1.54) is 0 Å². The molecule has 2 rings (SSSR count). The fourth-order valence-corrected chi connectivity index (χ4v) is 2.93. The molecule has 0 amide bonds. The molecule has 1 aromatic carbocycles. The zero-order valence-electron chi connectivity index (χ0n) is 9.78. The van der Waals surface area contributed by atoms with Crippen molar-refractivity contribution in [3.8, 4) is 0 Å². The lowest BCUT2D eigenvalue weighted by atomic mass is 10.2. The van der Waals surface area contributed by atoms with Crippen molar-refractivity contribution in [2.75, 3.05) is 5.75 Å². The summed E-state index contributed by atoms with van der Waals surface area (Å²) in [5.41, 5.74) is 1.11. The first kappa shape index (κ1) is 12.5. The first-order valence-electron chi connectivity index (χ1n) is 5.46. The molecule has 1 heterocycles. The van der Waals surface area contributed by atoms with Crippen LogP contribution in [-0.2, 0) is 9.84 Å². The lowest BCUT2D eigenvalue weighted by molar-refractivity contribution is 0.599. The summed E-state index contributed by atoms with van der Waals surface area (Å²) in [6.07, 6.45) is 1.62. The van der Waals surface area contributed by atoms with Crippen LogP contribution in [0.4, 0.5) is 0 Å². The molecule has 2 aromatic rings. The van der Waals surface area contributed by atoms with Crippen molar-refractivity contribution >= 4 is 15.4 Å². The Hall–Kier alpha value is -1.94. The van der Waals surface area contributed by atoms with E-state index in [9.17, 15) is 8.42 Å². The van der Waals surface area contributed by atoms with Crippen molar-refractivity contribution in [1.29, 1.82) is 0 Å². The van der Waals surface area contributed by atoms with E-state index >= 15 is 0 Å². The minimum atomic E-state index is -3.35. The molecule has 18 heavy (non-hydrogen) atoms. The van der Waals surface area contributed by atoms with Crippen LogP contribution in [0.5, 0.6) is 0 Å². The maximum atomic E-state index is 12.1. The van der Waals surface area contributed by atoms with Gasteiger partial charge in [-0.2, -0.15) is 0 Å². The largest absolute Gasteiger partial charge is 0.257 e. The van der Waals surface area contributed by atoms with Crippen molar-refractivity contribution in [2.24, 2.45) is 0 Å². The van der Waals surface area contributed by atoms with Gasteiger partial charge in [-0.05, 0) is 29.8 Å². The van der Waals surface area contributed by atoms with Gasteiger partial charge in [0.1, 0.15) is 0 Å². The number of pyridine rings is 1. The molecule has 1 aromatic heterocycles. The summed E-state index contributed by atoms with van der Waals surface area (Å²) in [5, 5.41) is 0. The molecule has 0 unspecified atom stereocenters. The van der Waals surface area contributed by atoms with Gasteiger partial charge in [0, 0.05) is 6.20 Å². The normalized spacial score (nSPS) is 11.1. The third kappa shape index (κ3) is 2.84. The summed E-state index contributed by atoms with van der Waals surface area (Å²) < 4.78 is 24.3. The molecular weight excluding hydrogens is 246 g/mol. The molecule has 0 aliphatic heterocycles. The Morgan fingerprint density at radius 1 is 1.06 bits per heavy atom. The van der Waals surface area contributed by atoms with Crippen LogP contribution in [0.15, 0.2) is 66.2 Å². The third-order valence-corrected chi connectivity index (χ3v) is 4.21. The summed E-state index contributed by atoms with van der Waals surface area (Å²) in [6, 6.07) is 13.7. The van der Waals surface area contributed by atoms with Gasteiger partial charge in [0.25, 0.3) is 0 Å². The predicted octanol–water partition coefficient (Wildman–Crippen LogP) is 2.57. The summed E-state index contributed by atoms with van der Waals surface area (Å²) in [6.45, 7) is 3.79. The van der Waals surface area contributed by atoms with Crippen LogP contribution in [0.25, 0.3) is 5.57 Å². The molecule has 0 saturated heterocycles. The van der Waals surface area contributed by atoms with E-state index in [1.807, 2.05) is 6.07 Å². The molecule has 0 aliphatic carbocycles. The Balaban J connectivity index is 2.23. The molecule has 0 radical (unpaired) electrons. The van der Waals surface area contributed by atoms with Crippen LogP contribution in [-0.4, -0.2) is 19.2 Å². The third-order valence-electron chi connectivity index (χ3n) is 2.49. The monoisotopic (exact) mass is 259 g/mol. The van der Waals surface area contributed by atoms with Gasteiger partial charge in [0.15, 0.2) is 9.84 Å². The summed E-state index contributed by atoms with van der Waals surface area (Å²) in [5.74, 6) is -0.117. The summed E-state index contributed by atoms with van der Waals surface area (Å²) >= 11 is 0. The lowest BCUT2D eigenvalue weighted by Gasteiger charge is -2.06. The Bertz CT molecular complexity index is 634.